The van der Waals surface area contributed by atoms with Crippen LogP contribution in [0.4, 0.5) is 5.69 Å². The Morgan fingerprint density at radius 2 is 1.90 bits per heavy atom. The van der Waals surface area contributed by atoms with Gasteiger partial charge < -0.3 is 29.0 Å². The van der Waals surface area contributed by atoms with Crippen LogP contribution in [0.1, 0.15) is 23.0 Å². The monoisotopic (exact) mass is 418 g/mol. The minimum absolute atomic E-state index is 0.159. The highest BCUT2D eigenvalue weighted by atomic mass is 16.7. The van der Waals surface area contributed by atoms with Crippen molar-refractivity contribution in [1.29, 1.82) is 5.26 Å². The fraction of sp³-hybridized carbons (Fsp3) is 0.304. The maximum atomic E-state index is 13.3. The van der Waals surface area contributed by atoms with Crippen molar-refractivity contribution < 1.29 is 19.0 Å². The second-order valence-corrected chi connectivity index (χ2v) is 7.42. The van der Waals surface area contributed by atoms with E-state index >= 15 is 0 Å². The van der Waals surface area contributed by atoms with E-state index in [-0.39, 0.29) is 12.7 Å². The summed E-state index contributed by atoms with van der Waals surface area (Å²) in [6.07, 6.45) is 0. The Balaban J connectivity index is 1.37. The van der Waals surface area contributed by atoms with Crippen LogP contribution in [-0.2, 0) is 0 Å². The summed E-state index contributed by atoms with van der Waals surface area (Å²) < 4.78 is 16.6. The number of anilines is 1. The van der Waals surface area contributed by atoms with E-state index in [0.717, 1.165) is 11.4 Å². The number of H-pyrrole nitrogens is 1. The second kappa shape index (κ2) is 7.76. The van der Waals surface area contributed by atoms with Crippen molar-refractivity contribution >= 4 is 22.5 Å². The van der Waals surface area contributed by atoms with Gasteiger partial charge >= 0.3 is 0 Å². The van der Waals surface area contributed by atoms with Crippen LogP contribution >= 0.6 is 0 Å². The third-order valence-electron chi connectivity index (χ3n) is 5.69. The van der Waals surface area contributed by atoms with Crippen LogP contribution in [0.2, 0.25) is 0 Å². The van der Waals surface area contributed by atoms with E-state index in [1.54, 1.807) is 17.0 Å². The Morgan fingerprint density at radius 1 is 1.16 bits per heavy atom. The van der Waals surface area contributed by atoms with Gasteiger partial charge in [-0.05, 0) is 25.1 Å². The lowest BCUT2D eigenvalue weighted by Gasteiger charge is -2.36. The molecule has 2 aliphatic heterocycles. The summed E-state index contributed by atoms with van der Waals surface area (Å²) in [5.74, 6) is 1.87. The van der Waals surface area contributed by atoms with E-state index in [9.17, 15) is 10.1 Å². The molecule has 0 unspecified atom stereocenters. The average Bonchev–Trinajstić information content (AvgIpc) is 3.41. The standard InChI is InChI=1S/C23H22N4O4/c1-2-29-19-6-4-3-5-18(19)26-7-9-27(10-8-26)23(28)22-16(13-24)15-11-20-21(31-14-30-20)12-17(15)25-22/h3-6,11-12,25H,2,7-10,14H2,1H3. The van der Waals surface area contributed by atoms with Gasteiger partial charge in [0.1, 0.15) is 17.5 Å². The number of ether oxygens (including phenoxy) is 3. The molecule has 158 valence electrons. The molecule has 1 amide bonds. The van der Waals surface area contributed by atoms with Crippen molar-refractivity contribution in [3.63, 3.8) is 0 Å². The van der Waals surface area contributed by atoms with Gasteiger partial charge in [0, 0.05) is 37.6 Å². The SMILES string of the molecule is CCOc1ccccc1N1CCN(C(=O)c2[nH]c3cc4c(cc3c2C#N)OCO4)CC1. The molecule has 31 heavy (non-hydrogen) atoms. The van der Waals surface area contributed by atoms with E-state index in [1.165, 1.54) is 0 Å². The van der Waals surface area contributed by atoms with Crippen molar-refractivity contribution in [2.75, 3.05) is 44.5 Å². The number of nitrogens with one attached hydrogen (secondary N) is 1. The van der Waals surface area contributed by atoms with Gasteiger partial charge in [-0.3, -0.25) is 4.79 Å². The van der Waals surface area contributed by atoms with Gasteiger partial charge in [0.05, 0.1) is 23.4 Å². The quantitative estimate of drug-likeness (QED) is 0.700. The molecule has 5 rings (SSSR count). The first kappa shape index (κ1) is 19.1. The maximum Gasteiger partial charge on any atom is 0.271 e. The summed E-state index contributed by atoms with van der Waals surface area (Å²) in [5, 5.41) is 10.4. The van der Waals surface area contributed by atoms with Crippen LogP contribution in [0.15, 0.2) is 36.4 Å². The first-order valence-electron chi connectivity index (χ1n) is 10.3. The van der Waals surface area contributed by atoms with Crippen molar-refractivity contribution in [3.05, 3.63) is 47.7 Å². The number of para-hydroxylation sites is 2. The van der Waals surface area contributed by atoms with Crippen molar-refractivity contribution in [2.24, 2.45) is 0 Å². The van der Waals surface area contributed by atoms with Gasteiger partial charge in [0.2, 0.25) is 6.79 Å². The number of piperazine rings is 1. The van der Waals surface area contributed by atoms with Gasteiger partial charge in [-0.1, -0.05) is 12.1 Å². The summed E-state index contributed by atoms with van der Waals surface area (Å²) in [7, 11) is 0. The molecular formula is C23H22N4O4. The number of benzene rings is 2. The molecular weight excluding hydrogens is 396 g/mol. The molecule has 2 aromatic carbocycles. The molecule has 1 saturated heterocycles. The number of aromatic nitrogens is 1. The van der Waals surface area contributed by atoms with Crippen molar-refractivity contribution in [2.45, 2.75) is 6.92 Å². The number of amides is 1. The zero-order valence-corrected chi connectivity index (χ0v) is 17.2. The Kier molecular flexibility index (Phi) is 4.79. The largest absolute Gasteiger partial charge is 0.492 e. The van der Waals surface area contributed by atoms with Crippen LogP contribution in [0.3, 0.4) is 0 Å². The van der Waals surface area contributed by atoms with E-state index in [0.29, 0.717) is 66.4 Å². The molecule has 0 bridgehead atoms. The van der Waals surface area contributed by atoms with Crippen LogP contribution in [0.5, 0.6) is 17.2 Å². The van der Waals surface area contributed by atoms with Gasteiger partial charge in [0.25, 0.3) is 5.91 Å². The number of carbonyl (C=O) groups excluding carboxylic acids is 1. The first-order valence-corrected chi connectivity index (χ1v) is 10.3. The molecule has 3 aromatic rings. The topological polar surface area (TPSA) is 90.8 Å². The fourth-order valence-corrected chi connectivity index (χ4v) is 4.17. The maximum absolute atomic E-state index is 13.3. The summed E-state index contributed by atoms with van der Waals surface area (Å²) >= 11 is 0. The molecule has 1 fully saturated rings. The predicted octanol–water partition coefficient (Wildman–Crippen LogP) is 3.13. The van der Waals surface area contributed by atoms with Gasteiger partial charge in [-0.25, -0.2) is 0 Å². The molecule has 0 aliphatic carbocycles. The molecule has 1 aromatic heterocycles. The van der Waals surface area contributed by atoms with Crippen molar-refractivity contribution in [3.8, 4) is 23.3 Å². The van der Waals surface area contributed by atoms with Crippen LogP contribution in [0, 0.1) is 11.3 Å². The minimum Gasteiger partial charge on any atom is -0.492 e. The highest BCUT2D eigenvalue weighted by molar-refractivity contribution is 6.03. The van der Waals surface area contributed by atoms with Gasteiger partial charge in [-0.2, -0.15) is 5.26 Å². The van der Waals surface area contributed by atoms with Gasteiger partial charge in [0.15, 0.2) is 11.5 Å². The van der Waals surface area contributed by atoms with Crippen LogP contribution < -0.4 is 19.1 Å². The number of carbonyl (C=O) groups is 1. The Bertz CT molecular complexity index is 1190. The summed E-state index contributed by atoms with van der Waals surface area (Å²) in [6, 6.07) is 13.7. The van der Waals surface area contributed by atoms with Crippen LogP contribution in [0.25, 0.3) is 10.9 Å². The normalized spacial score (nSPS) is 15.2. The third kappa shape index (κ3) is 3.28. The number of rotatable bonds is 4. The van der Waals surface area contributed by atoms with E-state index in [1.807, 2.05) is 31.2 Å². The number of hydrogen-bond donors (Lipinski definition) is 1. The van der Waals surface area contributed by atoms with Crippen LogP contribution in [-0.4, -0.2) is 55.4 Å². The number of nitriles is 1. The van der Waals surface area contributed by atoms with E-state index in [2.05, 4.69) is 16.0 Å². The Labute approximate surface area is 179 Å². The number of fused-ring (bicyclic) bond motifs is 2. The minimum atomic E-state index is -0.174. The molecule has 0 saturated carbocycles. The van der Waals surface area contributed by atoms with E-state index in [4.69, 9.17) is 14.2 Å². The smallest absolute Gasteiger partial charge is 0.271 e. The summed E-state index contributed by atoms with van der Waals surface area (Å²) in [6.45, 7) is 5.22. The first-order chi connectivity index (χ1) is 15.2. The van der Waals surface area contributed by atoms with Crippen molar-refractivity contribution in [1.82, 2.24) is 9.88 Å². The molecule has 3 heterocycles. The lowest BCUT2D eigenvalue weighted by Crippen LogP contribution is -2.49. The highest BCUT2D eigenvalue weighted by Gasteiger charge is 2.28. The zero-order valence-electron chi connectivity index (χ0n) is 17.2. The summed E-state index contributed by atoms with van der Waals surface area (Å²) in [5.41, 5.74) is 2.37. The molecule has 0 atom stereocenters. The fourth-order valence-electron chi connectivity index (χ4n) is 4.17. The molecule has 2 aliphatic rings. The van der Waals surface area contributed by atoms with E-state index < -0.39 is 0 Å². The zero-order chi connectivity index (χ0) is 21.4. The Morgan fingerprint density at radius 3 is 2.65 bits per heavy atom. The molecule has 8 nitrogen and oxygen atoms in total. The number of aromatic amines is 1. The molecule has 0 radical (unpaired) electrons. The number of hydrogen-bond acceptors (Lipinski definition) is 6. The average molecular weight is 418 g/mol. The summed E-state index contributed by atoms with van der Waals surface area (Å²) in [4.78, 5) is 20.4. The highest BCUT2D eigenvalue weighted by Crippen LogP contribution is 2.38. The third-order valence-corrected chi connectivity index (χ3v) is 5.69. The lowest BCUT2D eigenvalue weighted by atomic mass is 10.1. The predicted molar refractivity (Wildman–Crippen MR) is 115 cm³/mol. The second-order valence-electron chi connectivity index (χ2n) is 7.42. The Hall–Kier alpha value is -3.86. The number of nitrogens with zero attached hydrogens (tertiary/aromatic N) is 3. The molecule has 1 N–H and O–H groups in total. The molecule has 0 spiro atoms. The lowest BCUT2D eigenvalue weighted by molar-refractivity contribution is 0.0741. The molecule has 8 heteroatoms. The van der Waals surface area contributed by atoms with Gasteiger partial charge in [-0.15, -0.1) is 0 Å².